The van der Waals surface area contributed by atoms with Gasteiger partial charge in [-0.25, -0.2) is 4.79 Å². The summed E-state index contributed by atoms with van der Waals surface area (Å²) in [6.45, 7) is 1.40. The van der Waals surface area contributed by atoms with Crippen molar-refractivity contribution in [2.75, 3.05) is 19.0 Å². The number of carbonyl (C=O) groups excluding carboxylic acids is 1. The van der Waals surface area contributed by atoms with E-state index in [1.54, 1.807) is 7.11 Å². The molecule has 2 aromatic rings. The van der Waals surface area contributed by atoms with Crippen LogP contribution in [0.5, 0.6) is 5.75 Å². The molecule has 0 bridgehead atoms. The summed E-state index contributed by atoms with van der Waals surface area (Å²) in [6, 6.07) is 15.6. The number of nitrogens with one attached hydrogen (secondary N) is 1. The molecule has 1 N–H and O–H groups in total. The van der Waals surface area contributed by atoms with E-state index < -0.39 is 0 Å². The number of methoxy groups -OCH3 is 1. The topological polar surface area (TPSA) is 41.6 Å². The number of benzene rings is 2. The normalized spacial score (nSPS) is 13.5. The first-order valence-electron chi connectivity index (χ1n) is 7.03. The molecule has 108 valence electrons. The first kappa shape index (κ1) is 13.5. The van der Waals surface area contributed by atoms with Crippen LogP contribution in [-0.2, 0) is 13.0 Å². The van der Waals surface area contributed by atoms with Gasteiger partial charge in [0.05, 0.1) is 7.11 Å². The van der Waals surface area contributed by atoms with E-state index in [2.05, 4.69) is 17.4 Å². The highest BCUT2D eigenvalue weighted by atomic mass is 16.5. The van der Waals surface area contributed by atoms with Gasteiger partial charge in [0.15, 0.2) is 0 Å². The van der Waals surface area contributed by atoms with Crippen LogP contribution in [0.1, 0.15) is 11.1 Å². The average molecular weight is 282 g/mol. The average Bonchev–Trinajstić information content (AvgIpc) is 2.54. The summed E-state index contributed by atoms with van der Waals surface area (Å²) in [4.78, 5) is 14.2. The third-order valence-corrected chi connectivity index (χ3v) is 3.74. The van der Waals surface area contributed by atoms with Gasteiger partial charge >= 0.3 is 6.03 Å². The molecule has 0 saturated heterocycles. The lowest BCUT2D eigenvalue weighted by molar-refractivity contribution is 0.206. The first-order valence-corrected chi connectivity index (χ1v) is 7.03. The number of carbonyl (C=O) groups is 1. The Morgan fingerprint density at radius 2 is 1.95 bits per heavy atom. The van der Waals surface area contributed by atoms with Crippen molar-refractivity contribution in [1.82, 2.24) is 4.90 Å². The predicted octanol–water partition coefficient (Wildman–Crippen LogP) is 3.29. The summed E-state index contributed by atoms with van der Waals surface area (Å²) in [5.41, 5.74) is 3.31. The molecule has 0 aliphatic carbocycles. The van der Waals surface area contributed by atoms with Gasteiger partial charge in [-0.2, -0.15) is 0 Å². The number of anilines is 1. The van der Waals surface area contributed by atoms with Crippen molar-refractivity contribution in [3.05, 3.63) is 59.7 Å². The molecule has 2 aromatic carbocycles. The molecule has 4 heteroatoms. The molecule has 21 heavy (non-hydrogen) atoms. The van der Waals surface area contributed by atoms with E-state index in [4.69, 9.17) is 4.74 Å². The Bertz CT molecular complexity index is 655. The molecular formula is C17H18N2O2. The minimum absolute atomic E-state index is 0.0715. The molecule has 0 aromatic heterocycles. The number of urea groups is 1. The monoisotopic (exact) mass is 282 g/mol. The van der Waals surface area contributed by atoms with Crippen molar-refractivity contribution in [2.24, 2.45) is 0 Å². The van der Waals surface area contributed by atoms with Crippen LogP contribution in [0.4, 0.5) is 10.5 Å². The van der Waals surface area contributed by atoms with Crippen LogP contribution >= 0.6 is 0 Å². The molecule has 4 nitrogen and oxygen atoms in total. The highest BCUT2D eigenvalue weighted by Gasteiger charge is 2.20. The van der Waals surface area contributed by atoms with Crippen molar-refractivity contribution in [3.63, 3.8) is 0 Å². The van der Waals surface area contributed by atoms with E-state index in [0.29, 0.717) is 6.54 Å². The van der Waals surface area contributed by atoms with Gasteiger partial charge in [0.1, 0.15) is 5.75 Å². The second-order valence-corrected chi connectivity index (χ2v) is 5.10. The van der Waals surface area contributed by atoms with Crippen molar-refractivity contribution in [1.29, 1.82) is 0 Å². The maximum atomic E-state index is 12.4. The molecular weight excluding hydrogens is 264 g/mol. The van der Waals surface area contributed by atoms with Crippen molar-refractivity contribution in [2.45, 2.75) is 13.0 Å². The smallest absolute Gasteiger partial charge is 0.322 e. The molecule has 3 rings (SSSR count). The molecule has 0 saturated carbocycles. The number of amides is 2. The number of ether oxygens (including phenoxy) is 1. The van der Waals surface area contributed by atoms with Crippen molar-refractivity contribution in [3.8, 4) is 5.75 Å². The van der Waals surface area contributed by atoms with E-state index >= 15 is 0 Å². The lowest BCUT2D eigenvalue weighted by Crippen LogP contribution is -2.38. The zero-order valence-corrected chi connectivity index (χ0v) is 12.0. The second-order valence-electron chi connectivity index (χ2n) is 5.10. The molecule has 0 radical (unpaired) electrons. The fraction of sp³-hybridized carbons (Fsp3) is 0.235. The van der Waals surface area contributed by atoms with Crippen LogP contribution in [0.2, 0.25) is 0 Å². The number of rotatable bonds is 2. The van der Waals surface area contributed by atoms with Crippen LogP contribution in [0.25, 0.3) is 0 Å². The number of hydrogen-bond donors (Lipinski definition) is 1. The highest BCUT2D eigenvalue weighted by molar-refractivity contribution is 5.89. The van der Waals surface area contributed by atoms with Crippen molar-refractivity contribution < 1.29 is 9.53 Å². The summed E-state index contributed by atoms with van der Waals surface area (Å²) in [5.74, 6) is 0.733. The van der Waals surface area contributed by atoms with Gasteiger partial charge in [0.2, 0.25) is 0 Å². The van der Waals surface area contributed by atoms with Gasteiger partial charge in [-0.3, -0.25) is 0 Å². The standard InChI is InChI=1S/C17H18N2O2/c1-21-16-8-4-7-15(11-16)18-17(20)19-10-9-13-5-2-3-6-14(13)12-19/h2-8,11H,9-10,12H2,1H3,(H,18,20). The van der Waals surface area contributed by atoms with Crippen LogP contribution in [0.3, 0.4) is 0 Å². The molecule has 2 amide bonds. The van der Waals surface area contributed by atoms with Gasteiger partial charge in [0, 0.05) is 24.8 Å². The van der Waals surface area contributed by atoms with Gasteiger partial charge < -0.3 is 15.0 Å². The van der Waals surface area contributed by atoms with Crippen LogP contribution < -0.4 is 10.1 Å². The third-order valence-electron chi connectivity index (χ3n) is 3.74. The largest absolute Gasteiger partial charge is 0.497 e. The van der Waals surface area contributed by atoms with E-state index in [-0.39, 0.29) is 6.03 Å². The summed E-state index contributed by atoms with van der Waals surface area (Å²) < 4.78 is 5.16. The van der Waals surface area contributed by atoms with Gasteiger partial charge in [0.25, 0.3) is 0 Å². The quantitative estimate of drug-likeness (QED) is 0.918. The Morgan fingerprint density at radius 3 is 2.76 bits per heavy atom. The van der Waals surface area contributed by atoms with Gasteiger partial charge in [-0.05, 0) is 29.7 Å². The third kappa shape index (κ3) is 2.99. The maximum Gasteiger partial charge on any atom is 0.322 e. The minimum atomic E-state index is -0.0715. The predicted molar refractivity (Wildman–Crippen MR) is 82.6 cm³/mol. The van der Waals surface area contributed by atoms with Crippen molar-refractivity contribution >= 4 is 11.7 Å². The summed E-state index contributed by atoms with van der Waals surface area (Å²) in [6.07, 6.45) is 0.904. The lowest BCUT2D eigenvalue weighted by atomic mass is 10.0. The van der Waals surface area contributed by atoms with Crippen LogP contribution in [-0.4, -0.2) is 24.6 Å². The van der Waals surface area contributed by atoms with Gasteiger partial charge in [-0.1, -0.05) is 30.3 Å². The van der Waals surface area contributed by atoms with Crippen LogP contribution in [0.15, 0.2) is 48.5 Å². The Morgan fingerprint density at radius 1 is 1.14 bits per heavy atom. The summed E-state index contributed by atoms with van der Waals surface area (Å²) >= 11 is 0. The number of nitrogens with zero attached hydrogens (tertiary/aromatic N) is 1. The Balaban J connectivity index is 1.69. The van der Waals surface area contributed by atoms with E-state index in [9.17, 15) is 4.79 Å². The molecule has 1 aliphatic rings. The molecule has 1 heterocycles. The second kappa shape index (κ2) is 5.87. The molecule has 0 atom stereocenters. The number of fused-ring (bicyclic) bond motifs is 1. The fourth-order valence-electron chi connectivity index (χ4n) is 2.57. The SMILES string of the molecule is COc1cccc(NC(=O)N2CCc3ccccc3C2)c1. The lowest BCUT2D eigenvalue weighted by Gasteiger charge is -2.29. The first-order chi connectivity index (χ1) is 10.3. The van der Waals surface area contributed by atoms with Gasteiger partial charge in [-0.15, -0.1) is 0 Å². The van der Waals surface area contributed by atoms with Crippen LogP contribution in [0, 0.1) is 0 Å². The minimum Gasteiger partial charge on any atom is -0.497 e. The van der Waals surface area contributed by atoms with E-state index in [0.717, 1.165) is 24.4 Å². The van der Waals surface area contributed by atoms with E-state index in [1.807, 2.05) is 41.3 Å². The molecule has 1 aliphatic heterocycles. The molecule has 0 spiro atoms. The molecule has 0 fully saturated rings. The zero-order valence-electron chi connectivity index (χ0n) is 12.0. The Hall–Kier alpha value is -2.49. The highest BCUT2D eigenvalue weighted by Crippen LogP contribution is 2.21. The molecule has 0 unspecified atom stereocenters. The zero-order chi connectivity index (χ0) is 14.7. The number of hydrogen-bond acceptors (Lipinski definition) is 2. The summed E-state index contributed by atoms with van der Waals surface area (Å²) in [7, 11) is 1.61. The Labute approximate surface area is 124 Å². The maximum absolute atomic E-state index is 12.4. The summed E-state index contributed by atoms with van der Waals surface area (Å²) in [5, 5.41) is 2.92. The van der Waals surface area contributed by atoms with E-state index in [1.165, 1.54) is 11.1 Å². The Kier molecular flexibility index (Phi) is 3.77. The fourth-order valence-corrected chi connectivity index (χ4v) is 2.57.